The van der Waals surface area contributed by atoms with Crippen LogP contribution in [0.4, 0.5) is 4.39 Å². The van der Waals surface area contributed by atoms with Crippen molar-refractivity contribution in [3.8, 4) is 0 Å². The lowest BCUT2D eigenvalue weighted by atomic mass is 10.1. The molecule has 3 nitrogen and oxygen atoms in total. The molecule has 0 aliphatic carbocycles. The van der Waals surface area contributed by atoms with E-state index in [2.05, 4.69) is 15.5 Å². The molecule has 2 rings (SSSR count). The minimum absolute atomic E-state index is 0.115. The number of aromatic nitrogens is 2. The number of nitrogens with one attached hydrogen (secondary N) is 2. The first-order valence-electron chi connectivity index (χ1n) is 5.33. The highest BCUT2D eigenvalue weighted by atomic mass is 35.5. The number of aromatic amines is 1. The van der Waals surface area contributed by atoms with Gasteiger partial charge in [0.2, 0.25) is 0 Å². The number of hydrogen-bond donors (Lipinski definition) is 2. The van der Waals surface area contributed by atoms with Crippen LogP contribution in [0.15, 0.2) is 30.6 Å². The maximum atomic E-state index is 13.5. The lowest BCUT2D eigenvalue weighted by Gasteiger charge is -2.12. The second-order valence-electron chi connectivity index (χ2n) is 3.87. The molecular formula is C12H13ClFN3. The normalized spacial score (nSPS) is 12.6. The molecular weight excluding hydrogens is 241 g/mol. The van der Waals surface area contributed by atoms with E-state index in [4.69, 9.17) is 11.6 Å². The van der Waals surface area contributed by atoms with Crippen molar-refractivity contribution in [3.63, 3.8) is 0 Å². The third-order valence-corrected chi connectivity index (χ3v) is 2.87. The third-order valence-electron chi connectivity index (χ3n) is 2.63. The highest BCUT2D eigenvalue weighted by Gasteiger charge is 2.08. The first-order chi connectivity index (χ1) is 8.16. The van der Waals surface area contributed by atoms with Gasteiger partial charge in [0.1, 0.15) is 5.82 Å². The first kappa shape index (κ1) is 12.1. The van der Waals surface area contributed by atoms with Gasteiger partial charge < -0.3 is 5.32 Å². The molecule has 1 heterocycles. The zero-order chi connectivity index (χ0) is 12.3. The zero-order valence-corrected chi connectivity index (χ0v) is 10.1. The standard InChI is InChI=1S/C12H13ClFN3/c1-8(10-6-16-17-7-10)15-5-9-2-3-11(13)4-12(9)14/h2-4,6-8,15H,5H2,1H3,(H,16,17). The van der Waals surface area contributed by atoms with Crippen molar-refractivity contribution in [2.75, 3.05) is 0 Å². The second kappa shape index (κ2) is 5.29. The summed E-state index contributed by atoms with van der Waals surface area (Å²) in [6.45, 7) is 2.45. The van der Waals surface area contributed by atoms with Gasteiger partial charge in [0.15, 0.2) is 0 Å². The molecule has 0 saturated carbocycles. The van der Waals surface area contributed by atoms with Crippen LogP contribution in [0.2, 0.25) is 5.02 Å². The number of hydrogen-bond acceptors (Lipinski definition) is 2. The van der Waals surface area contributed by atoms with E-state index in [9.17, 15) is 4.39 Å². The largest absolute Gasteiger partial charge is 0.306 e. The molecule has 0 spiro atoms. The van der Waals surface area contributed by atoms with E-state index in [0.29, 0.717) is 17.1 Å². The van der Waals surface area contributed by atoms with Crippen LogP contribution in [0.25, 0.3) is 0 Å². The van der Waals surface area contributed by atoms with E-state index in [1.807, 2.05) is 13.1 Å². The van der Waals surface area contributed by atoms with Crippen molar-refractivity contribution in [3.05, 3.63) is 52.6 Å². The number of benzene rings is 1. The summed E-state index contributed by atoms with van der Waals surface area (Å²) in [6.07, 6.45) is 3.56. The molecule has 90 valence electrons. The average Bonchev–Trinajstić information content (AvgIpc) is 2.81. The molecule has 1 unspecified atom stereocenters. The van der Waals surface area contributed by atoms with Crippen LogP contribution in [0, 0.1) is 5.82 Å². The molecule has 0 bridgehead atoms. The summed E-state index contributed by atoms with van der Waals surface area (Å²) >= 11 is 5.69. The van der Waals surface area contributed by atoms with Crippen molar-refractivity contribution >= 4 is 11.6 Å². The Balaban J connectivity index is 1.98. The number of H-pyrrole nitrogens is 1. The number of halogens is 2. The van der Waals surface area contributed by atoms with Crippen LogP contribution in [0.3, 0.4) is 0 Å². The van der Waals surface area contributed by atoms with Crippen molar-refractivity contribution in [1.29, 1.82) is 0 Å². The summed E-state index contributed by atoms with van der Waals surface area (Å²) in [5, 5.41) is 10.2. The van der Waals surface area contributed by atoms with E-state index in [1.165, 1.54) is 6.07 Å². The molecule has 0 saturated heterocycles. The van der Waals surface area contributed by atoms with Gasteiger partial charge in [-0.1, -0.05) is 17.7 Å². The minimum atomic E-state index is -0.288. The maximum Gasteiger partial charge on any atom is 0.129 e. The van der Waals surface area contributed by atoms with E-state index in [1.54, 1.807) is 18.3 Å². The van der Waals surface area contributed by atoms with Gasteiger partial charge in [-0.25, -0.2) is 4.39 Å². The number of nitrogens with zero attached hydrogens (tertiary/aromatic N) is 1. The maximum absolute atomic E-state index is 13.5. The molecule has 1 aromatic heterocycles. The fraction of sp³-hybridized carbons (Fsp3) is 0.250. The average molecular weight is 254 g/mol. The van der Waals surface area contributed by atoms with E-state index < -0.39 is 0 Å². The predicted molar refractivity (Wildman–Crippen MR) is 65.3 cm³/mol. The Labute approximate surface area is 104 Å². The lowest BCUT2D eigenvalue weighted by molar-refractivity contribution is 0.544. The molecule has 0 radical (unpaired) electrons. The summed E-state index contributed by atoms with van der Waals surface area (Å²) in [7, 11) is 0. The summed E-state index contributed by atoms with van der Waals surface area (Å²) in [6, 6.07) is 4.81. The van der Waals surface area contributed by atoms with E-state index in [0.717, 1.165) is 5.56 Å². The molecule has 0 aliphatic rings. The van der Waals surface area contributed by atoms with Crippen molar-refractivity contribution in [2.24, 2.45) is 0 Å². The van der Waals surface area contributed by atoms with Crippen LogP contribution in [-0.4, -0.2) is 10.2 Å². The van der Waals surface area contributed by atoms with Crippen molar-refractivity contribution in [1.82, 2.24) is 15.5 Å². The smallest absolute Gasteiger partial charge is 0.129 e. The Morgan fingerprint density at radius 3 is 3.00 bits per heavy atom. The molecule has 17 heavy (non-hydrogen) atoms. The van der Waals surface area contributed by atoms with E-state index in [-0.39, 0.29) is 11.9 Å². The Morgan fingerprint density at radius 2 is 2.35 bits per heavy atom. The topological polar surface area (TPSA) is 40.7 Å². The van der Waals surface area contributed by atoms with Gasteiger partial charge in [-0.05, 0) is 19.1 Å². The summed E-state index contributed by atoms with van der Waals surface area (Å²) in [5.41, 5.74) is 1.64. The Kier molecular flexibility index (Phi) is 3.76. The number of rotatable bonds is 4. The highest BCUT2D eigenvalue weighted by molar-refractivity contribution is 6.30. The van der Waals surface area contributed by atoms with Gasteiger partial charge in [0, 0.05) is 34.9 Å². The first-order valence-corrected chi connectivity index (χ1v) is 5.70. The van der Waals surface area contributed by atoms with Crippen LogP contribution < -0.4 is 5.32 Å². The fourth-order valence-corrected chi connectivity index (χ4v) is 1.70. The third kappa shape index (κ3) is 3.05. The van der Waals surface area contributed by atoms with Gasteiger partial charge in [-0.2, -0.15) is 5.10 Å². The highest BCUT2D eigenvalue weighted by Crippen LogP contribution is 2.16. The molecule has 5 heteroatoms. The Hall–Kier alpha value is -1.39. The molecule has 1 atom stereocenters. The zero-order valence-electron chi connectivity index (χ0n) is 9.37. The van der Waals surface area contributed by atoms with Crippen molar-refractivity contribution in [2.45, 2.75) is 19.5 Å². The molecule has 1 aromatic carbocycles. The van der Waals surface area contributed by atoms with E-state index >= 15 is 0 Å². The van der Waals surface area contributed by atoms with Crippen LogP contribution >= 0.6 is 11.6 Å². The van der Waals surface area contributed by atoms with Crippen LogP contribution in [0.1, 0.15) is 24.1 Å². The minimum Gasteiger partial charge on any atom is -0.306 e. The van der Waals surface area contributed by atoms with Crippen molar-refractivity contribution < 1.29 is 4.39 Å². The fourth-order valence-electron chi connectivity index (χ4n) is 1.54. The molecule has 0 aliphatic heterocycles. The monoisotopic (exact) mass is 253 g/mol. The summed E-state index contributed by atoms with van der Waals surface area (Å²) < 4.78 is 13.5. The van der Waals surface area contributed by atoms with Gasteiger partial charge >= 0.3 is 0 Å². The molecule has 0 amide bonds. The van der Waals surface area contributed by atoms with Gasteiger partial charge in [-0.3, -0.25) is 5.10 Å². The molecule has 0 fully saturated rings. The van der Waals surface area contributed by atoms with Gasteiger partial charge in [-0.15, -0.1) is 0 Å². The summed E-state index contributed by atoms with van der Waals surface area (Å²) in [5.74, 6) is -0.288. The van der Waals surface area contributed by atoms with Gasteiger partial charge in [0.05, 0.1) is 6.20 Å². The van der Waals surface area contributed by atoms with Crippen LogP contribution in [0.5, 0.6) is 0 Å². The summed E-state index contributed by atoms with van der Waals surface area (Å²) in [4.78, 5) is 0. The molecule has 2 aromatic rings. The van der Waals surface area contributed by atoms with Gasteiger partial charge in [0.25, 0.3) is 0 Å². The predicted octanol–water partition coefficient (Wildman–Crippen LogP) is 3.05. The van der Waals surface area contributed by atoms with Crippen LogP contribution in [-0.2, 0) is 6.54 Å². The quantitative estimate of drug-likeness (QED) is 0.879. The Bertz CT molecular complexity index is 485. The Morgan fingerprint density at radius 1 is 1.53 bits per heavy atom. The lowest BCUT2D eigenvalue weighted by Crippen LogP contribution is -2.18. The SMILES string of the molecule is CC(NCc1ccc(Cl)cc1F)c1cn[nH]c1. The second-order valence-corrected chi connectivity index (χ2v) is 4.31. The molecule has 2 N–H and O–H groups in total.